The van der Waals surface area contributed by atoms with Gasteiger partial charge in [-0.1, -0.05) is 0 Å². The lowest BCUT2D eigenvalue weighted by molar-refractivity contribution is -0.769. The lowest BCUT2D eigenvalue weighted by Gasteiger charge is -2.15. The van der Waals surface area contributed by atoms with Crippen LogP contribution in [-0.2, 0) is 23.9 Å². The molecule has 0 unspecified atom stereocenters. The van der Waals surface area contributed by atoms with Crippen molar-refractivity contribution in [1.29, 1.82) is 0 Å². The number of fused-ring (bicyclic) bond motifs is 1. The van der Waals surface area contributed by atoms with Crippen LogP contribution in [-0.4, -0.2) is 48.3 Å². The monoisotopic (exact) mass is 274 g/mol. The zero-order valence-corrected chi connectivity index (χ0v) is 10.0. The molecule has 2 aliphatic rings. The Labute approximate surface area is 108 Å². The number of amides is 1. The summed E-state index contributed by atoms with van der Waals surface area (Å²) in [6.45, 7) is 0.300. The number of carbonyl (C=O) groups excluding carboxylic acids is 2. The summed E-state index contributed by atoms with van der Waals surface area (Å²) in [6, 6.07) is 0. The summed E-state index contributed by atoms with van der Waals surface area (Å²) in [5.41, 5.74) is 4.93. The fraction of sp³-hybridized carbons (Fsp3) is 0.800. The summed E-state index contributed by atoms with van der Waals surface area (Å²) < 4.78 is 10.8. The summed E-state index contributed by atoms with van der Waals surface area (Å²) in [4.78, 5) is 36.9. The van der Waals surface area contributed by atoms with E-state index in [0.717, 1.165) is 0 Å². The molecule has 2 fully saturated rings. The van der Waals surface area contributed by atoms with Crippen LogP contribution < -0.4 is 5.73 Å². The molecule has 0 spiro atoms. The van der Waals surface area contributed by atoms with Crippen molar-refractivity contribution in [2.24, 2.45) is 11.7 Å². The first-order valence-corrected chi connectivity index (χ1v) is 5.81. The second kappa shape index (κ2) is 5.49. The summed E-state index contributed by atoms with van der Waals surface area (Å²) in [6.07, 6.45) is -1.94. The molecule has 2 heterocycles. The third-order valence-electron chi connectivity index (χ3n) is 3.19. The molecule has 9 heteroatoms. The Bertz CT molecular complexity index is 399. The van der Waals surface area contributed by atoms with Crippen LogP contribution in [0.5, 0.6) is 0 Å². The van der Waals surface area contributed by atoms with E-state index < -0.39 is 29.3 Å². The first-order chi connectivity index (χ1) is 8.97. The van der Waals surface area contributed by atoms with Gasteiger partial charge in [0.1, 0.15) is 11.9 Å². The van der Waals surface area contributed by atoms with Crippen molar-refractivity contribution in [3.8, 4) is 0 Å². The minimum atomic E-state index is -0.884. The Morgan fingerprint density at radius 1 is 1.32 bits per heavy atom. The van der Waals surface area contributed by atoms with Gasteiger partial charge in [0.05, 0.1) is 25.7 Å². The molecule has 0 aromatic rings. The molecule has 2 N–H and O–H groups in total. The van der Waals surface area contributed by atoms with E-state index in [2.05, 4.69) is 4.84 Å². The molecular weight excluding hydrogens is 260 g/mol. The molecule has 2 aliphatic heterocycles. The number of nitrogens with zero attached hydrogens (tertiary/aromatic N) is 1. The molecule has 0 aliphatic carbocycles. The van der Waals surface area contributed by atoms with Crippen molar-refractivity contribution < 1.29 is 29.0 Å². The Morgan fingerprint density at radius 3 is 2.63 bits per heavy atom. The molecule has 2 rings (SSSR count). The molecule has 106 valence electrons. The number of hydrogen-bond donors (Lipinski definition) is 1. The van der Waals surface area contributed by atoms with E-state index in [4.69, 9.17) is 15.2 Å². The molecule has 0 saturated carbocycles. The minimum absolute atomic E-state index is 0.0524. The van der Waals surface area contributed by atoms with Gasteiger partial charge in [-0.15, -0.1) is 10.1 Å². The SMILES string of the molecule is NC(=O)CC(=O)C[C@H]1CO[C@H]2[C@@H]1OC[C@H]2O[N+](=O)[O-]. The standard InChI is InChI=1S/C10H14N2O7/c11-8(14)2-6(13)1-5-3-17-10-7(19-12(15)16)4-18-9(5)10/h5,7,9-10H,1-4H2,(H2,11,14)/t5-,7+,9+,10+/m0/s1. The first kappa shape index (κ1) is 13.7. The molecule has 4 atom stereocenters. The summed E-state index contributed by atoms with van der Waals surface area (Å²) in [7, 11) is 0. The molecule has 0 radical (unpaired) electrons. The third kappa shape index (κ3) is 3.18. The Balaban J connectivity index is 1.88. The second-order valence-electron chi connectivity index (χ2n) is 4.61. The van der Waals surface area contributed by atoms with Crippen LogP contribution in [0.4, 0.5) is 0 Å². The maximum Gasteiger partial charge on any atom is 0.294 e. The van der Waals surface area contributed by atoms with Crippen molar-refractivity contribution in [3.05, 3.63) is 10.1 Å². The van der Waals surface area contributed by atoms with Gasteiger partial charge >= 0.3 is 0 Å². The zero-order chi connectivity index (χ0) is 14.0. The minimum Gasteiger partial charge on any atom is -0.373 e. The molecular formula is C10H14N2O7. The highest BCUT2D eigenvalue weighted by molar-refractivity contribution is 5.97. The second-order valence-corrected chi connectivity index (χ2v) is 4.61. The molecule has 9 nitrogen and oxygen atoms in total. The molecule has 0 aromatic heterocycles. The quantitative estimate of drug-likeness (QED) is 0.366. The average molecular weight is 274 g/mol. The first-order valence-electron chi connectivity index (χ1n) is 5.81. The molecule has 2 saturated heterocycles. The van der Waals surface area contributed by atoms with Gasteiger partial charge in [-0.2, -0.15) is 0 Å². The number of nitrogens with two attached hydrogens (primary N) is 1. The van der Waals surface area contributed by atoms with Gasteiger partial charge < -0.3 is 20.0 Å². The topological polar surface area (TPSA) is 131 Å². The lowest BCUT2D eigenvalue weighted by Crippen LogP contribution is -2.33. The van der Waals surface area contributed by atoms with E-state index in [0.29, 0.717) is 0 Å². The van der Waals surface area contributed by atoms with E-state index in [-0.39, 0.29) is 37.8 Å². The van der Waals surface area contributed by atoms with Crippen LogP contribution in [0.15, 0.2) is 0 Å². The Kier molecular flexibility index (Phi) is 3.96. The highest BCUT2D eigenvalue weighted by Gasteiger charge is 2.49. The van der Waals surface area contributed by atoms with E-state index in [1.165, 1.54) is 0 Å². The molecule has 0 bridgehead atoms. The fourth-order valence-electron chi connectivity index (χ4n) is 2.48. The number of primary amides is 1. The predicted molar refractivity (Wildman–Crippen MR) is 58.3 cm³/mol. The number of ether oxygens (including phenoxy) is 2. The van der Waals surface area contributed by atoms with E-state index in [9.17, 15) is 19.7 Å². The normalized spacial score (nSPS) is 32.8. The van der Waals surface area contributed by atoms with Gasteiger partial charge in [-0.3, -0.25) is 9.59 Å². The number of Topliss-reactive ketones (excluding diaryl/α,β-unsaturated/α-hetero) is 1. The number of rotatable bonds is 6. The van der Waals surface area contributed by atoms with E-state index in [1.807, 2.05) is 0 Å². The van der Waals surface area contributed by atoms with Gasteiger partial charge in [0.2, 0.25) is 5.91 Å². The van der Waals surface area contributed by atoms with Gasteiger partial charge in [-0.05, 0) is 0 Å². The van der Waals surface area contributed by atoms with Crippen molar-refractivity contribution in [2.45, 2.75) is 31.2 Å². The smallest absolute Gasteiger partial charge is 0.294 e. The highest BCUT2D eigenvalue weighted by atomic mass is 17.0. The van der Waals surface area contributed by atoms with Crippen molar-refractivity contribution in [1.82, 2.24) is 0 Å². The van der Waals surface area contributed by atoms with Crippen LogP contribution in [0.3, 0.4) is 0 Å². The molecule has 19 heavy (non-hydrogen) atoms. The number of ketones is 1. The maximum atomic E-state index is 11.5. The summed E-state index contributed by atoms with van der Waals surface area (Å²) in [5.74, 6) is -1.19. The average Bonchev–Trinajstić information content (AvgIpc) is 2.81. The third-order valence-corrected chi connectivity index (χ3v) is 3.19. The van der Waals surface area contributed by atoms with Crippen molar-refractivity contribution in [2.75, 3.05) is 13.2 Å². The highest BCUT2D eigenvalue weighted by Crippen LogP contribution is 2.34. The van der Waals surface area contributed by atoms with E-state index >= 15 is 0 Å². The predicted octanol–water partition coefficient (Wildman–Crippen LogP) is -1.19. The van der Waals surface area contributed by atoms with E-state index in [1.54, 1.807) is 0 Å². The van der Waals surface area contributed by atoms with Gasteiger partial charge in [-0.25, -0.2) is 0 Å². The lowest BCUT2D eigenvalue weighted by atomic mass is 9.95. The fourth-order valence-corrected chi connectivity index (χ4v) is 2.48. The summed E-state index contributed by atoms with van der Waals surface area (Å²) >= 11 is 0. The van der Waals surface area contributed by atoms with Gasteiger partial charge in [0, 0.05) is 12.3 Å². The van der Waals surface area contributed by atoms with Crippen LogP contribution in [0, 0.1) is 16.0 Å². The molecule has 1 amide bonds. The van der Waals surface area contributed by atoms with Crippen LogP contribution in [0.1, 0.15) is 12.8 Å². The van der Waals surface area contributed by atoms with Crippen LogP contribution >= 0.6 is 0 Å². The number of hydrogen-bond acceptors (Lipinski definition) is 7. The van der Waals surface area contributed by atoms with Crippen molar-refractivity contribution >= 4 is 11.7 Å². The Hall–Kier alpha value is -1.74. The van der Waals surface area contributed by atoms with Crippen LogP contribution in [0.2, 0.25) is 0 Å². The Morgan fingerprint density at radius 2 is 2.00 bits per heavy atom. The largest absolute Gasteiger partial charge is 0.373 e. The number of carbonyl (C=O) groups is 2. The van der Waals surface area contributed by atoms with Gasteiger partial charge in [0.15, 0.2) is 6.10 Å². The van der Waals surface area contributed by atoms with Crippen molar-refractivity contribution in [3.63, 3.8) is 0 Å². The summed E-state index contributed by atoms with van der Waals surface area (Å²) in [5, 5.41) is 9.41. The van der Waals surface area contributed by atoms with Gasteiger partial charge in [0.25, 0.3) is 5.09 Å². The maximum absolute atomic E-state index is 11.5. The zero-order valence-electron chi connectivity index (χ0n) is 10.0. The molecule has 0 aromatic carbocycles. The van der Waals surface area contributed by atoms with Crippen LogP contribution in [0.25, 0.3) is 0 Å².